The Morgan fingerprint density at radius 3 is 2.37 bits per heavy atom. The molecule has 8 nitrogen and oxygen atoms in total. The number of benzene rings is 4. The number of anilines is 2. The number of rotatable bonds is 6. The number of nitrogens with one attached hydrogen (secondary N) is 2. The molecule has 4 aromatic rings. The average molecular weight is 546 g/mol. The summed E-state index contributed by atoms with van der Waals surface area (Å²) in [6.45, 7) is 3.94. The number of aryl methyl sites for hydroxylation is 1. The minimum Gasteiger partial charge on any atom is -0.341 e. The highest BCUT2D eigenvalue weighted by Crippen LogP contribution is 2.36. The molecule has 8 heteroatoms. The van der Waals surface area contributed by atoms with Crippen LogP contribution in [0.3, 0.4) is 0 Å². The molecule has 1 aliphatic heterocycles. The zero-order valence-electron chi connectivity index (χ0n) is 23.2. The molecule has 1 aliphatic rings. The van der Waals surface area contributed by atoms with Gasteiger partial charge >= 0.3 is 0 Å². The minimum absolute atomic E-state index is 0.0537. The van der Waals surface area contributed by atoms with Crippen molar-refractivity contribution >= 4 is 39.9 Å². The molecule has 1 heterocycles. The number of likely N-dealkylation sites (N-methyl/N-ethyl adjacent to an activating group) is 1. The maximum absolute atomic E-state index is 14.3. The number of carbonyl (C=O) groups excluding carboxylic acids is 3. The van der Waals surface area contributed by atoms with Crippen molar-refractivity contribution in [3.8, 4) is 6.07 Å². The molecule has 2 atom stereocenters. The summed E-state index contributed by atoms with van der Waals surface area (Å²) in [5, 5.41) is 17.1. The predicted molar refractivity (Wildman–Crippen MR) is 160 cm³/mol. The molecule has 5 rings (SSSR count). The van der Waals surface area contributed by atoms with Gasteiger partial charge in [0.1, 0.15) is 6.04 Å². The fraction of sp³-hybridized carbons (Fsp3) is 0.212. The third kappa shape index (κ3) is 5.40. The van der Waals surface area contributed by atoms with E-state index in [4.69, 9.17) is 0 Å². The number of nitriles is 1. The normalized spacial score (nSPS) is 15.6. The number of hydrogen-bond donors (Lipinski definition) is 2. The lowest BCUT2D eigenvalue weighted by Crippen LogP contribution is -2.55. The summed E-state index contributed by atoms with van der Waals surface area (Å²) in [5.74, 6) is -0.987. The molecular formula is C33H31N5O3. The standard InChI is InChI=1S/C33H31N5O3/c1-21-12-15-24-8-4-5-9-26(24)27(21)19-37-29-10-6-7-11-30(29)38(32(40)25-16-13-23(18-34)14-17-25)20-28(33(37)41)36-31(39)22(2)35-3/h4-17,22,28,35H,19-20H2,1-3H3,(H,36,39)/t22-,28?/m0/s1. The minimum atomic E-state index is -0.997. The van der Waals surface area contributed by atoms with Crippen LogP contribution in [0.25, 0.3) is 10.8 Å². The number of carbonyl (C=O) groups is 3. The molecular weight excluding hydrogens is 514 g/mol. The van der Waals surface area contributed by atoms with E-state index in [-0.39, 0.29) is 30.8 Å². The first-order chi connectivity index (χ1) is 19.8. The van der Waals surface area contributed by atoms with Gasteiger partial charge in [0.25, 0.3) is 11.8 Å². The number of para-hydroxylation sites is 2. The Balaban J connectivity index is 1.63. The van der Waals surface area contributed by atoms with Gasteiger partial charge in [0.05, 0.1) is 42.1 Å². The van der Waals surface area contributed by atoms with Crippen molar-refractivity contribution in [1.29, 1.82) is 5.26 Å². The van der Waals surface area contributed by atoms with E-state index in [1.54, 1.807) is 48.0 Å². The van der Waals surface area contributed by atoms with Gasteiger partial charge in [-0.05, 0) is 79.2 Å². The van der Waals surface area contributed by atoms with Crippen LogP contribution in [0.1, 0.15) is 34.0 Å². The van der Waals surface area contributed by atoms with Crippen LogP contribution in [0.2, 0.25) is 0 Å². The fourth-order valence-corrected chi connectivity index (χ4v) is 5.13. The molecule has 0 spiro atoms. The number of nitrogens with zero attached hydrogens (tertiary/aromatic N) is 3. The molecule has 0 bridgehead atoms. The van der Waals surface area contributed by atoms with Gasteiger partial charge in [-0.3, -0.25) is 14.4 Å². The molecule has 0 fully saturated rings. The van der Waals surface area contributed by atoms with Gasteiger partial charge in [0.2, 0.25) is 5.91 Å². The van der Waals surface area contributed by atoms with Crippen molar-refractivity contribution < 1.29 is 14.4 Å². The van der Waals surface area contributed by atoms with Crippen molar-refractivity contribution in [2.75, 3.05) is 23.4 Å². The lowest BCUT2D eigenvalue weighted by atomic mass is 9.99. The molecule has 4 aromatic carbocycles. The highest BCUT2D eigenvalue weighted by Gasteiger charge is 2.38. The molecule has 0 saturated heterocycles. The van der Waals surface area contributed by atoms with Crippen LogP contribution in [0.15, 0.2) is 84.9 Å². The quantitative estimate of drug-likeness (QED) is 0.376. The van der Waals surface area contributed by atoms with E-state index >= 15 is 0 Å². The number of amides is 3. The zero-order valence-corrected chi connectivity index (χ0v) is 23.2. The van der Waals surface area contributed by atoms with Crippen molar-refractivity contribution in [1.82, 2.24) is 10.6 Å². The maximum Gasteiger partial charge on any atom is 0.258 e. The SMILES string of the molecule is CN[C@@H](C)C(=O)NC1CN(C(=O)c2ccc(C#N)cc2)c2ccccc2N(Cc2c(C)ccc3ccccc23)C1=O. The molecule has 0 aliphatic carbocycles. The summed E-state index contributed by atoms with van der Waals surface area (Å²) in [4.78, 5) is 44.5. The largest absolute Gasteiger partial charge is 0.341 e. The van der Waals surface area contributed by atoms with Crippen molar-refractivity contribution in [3.05, 3.63) is 107 Å². The van der Waals surface area contributed by atoms with Gasteiger partial charge in [-0.25, -0.2) is 0 Å². The van der Waals surface area contributed by atoms with Crippen LogP contribution in [0, 0.1) is 18.3 Å². The third-order valence-corrected chi connectivity index (χ3v) is 7.63. The van der Waals surface area contributed by atoms with E-state index in [1.165, 1.54) is 0 Å². The Bertz CT molecular complexity index is 1670. The summed E-state index contributed by atoms with van der Waals surface area (Å²) < 4.78 is 0. The van der Waals surface area contributed by atoms with Gasteiger partial charge < -0.3 is 20.4 Å². The van der Waals surface area contributed by atoms with Gasteiger partial charge in [0.15, 0.2) is 0 Å². The molecule has 0 aromatic heterocycles. The highest BCUT2D eigenvalue weighted by atomic mass is 16.2. The Morgan fingerprint density at radius 2 is 1.66 bits per heavy atom. The zero-order chi connectivity index (χ0) is 29.1. The van der Waals surface area contributed by atoms with Crippen LogP contribution in [0.5, 0.6) is 0 Å². The average Bonchev–Trinajstić information content (AvgIpc) is 3.12. The van der Waals surface area contributed by atoms with Crippen molar-refractivity contribution in [2.24, 2.45) is 0 Å². The summed E-state index contributed by atoms with van der Waals surface area (Å²) in [6, 6.07) is 26.4. The lowest BCUT2D eigenvalue weighted by Gasteiger charge is -2.27. The van der Waals surface area contributed by atoms with Gasteiger partial charge in [-0.1, -0.05) is 48.5 Å². The van der Waals surface area contributed by atoms with E-state index in [9.17, 15) is 19.6 Å². The second kappa shape index (κ2) is 11.6. The summed E-state index contributed by atoms with van der Waals surface area (Å²) >= 11 is 0. The van der Waals surface area contributed by atoms with E-state index in [0.29, 0.717) is 22.5 Å². The van der Waals surface area contributed by atoms with Gasteiger partial charge in [0, 0.05) is 5.56 Å². The summed E-state index contributed by atoms with van der Waals surface area (Å²) in [6.07, 6.45) is 0. The van der Waals surface area contributed by atoms with Crippen LogP contribution in [0.4, 0.5) is 11.4 Å². The molecule has 3 amide bonds. The van der Waals surface area contributed by atoms with Crippen molar-refractivity contribution in [3.63, 3.8) is 0 Å². The van der Waals surface area contributed by atoms with Crippen LogP contribution < -0.4 is 20.4 Å². The lowest BCUT2D eigenvalue weighted by molar-refractivity contribution is -0.128. The molecule has 0 saturated carbocycles. The fourth-order valence-electron chi connectivity index (χ4n) is 5.13. The third-order valence-electron chi connectivity index (χ3n) is 7.63. The van der Waals surface area contributed by atoms with E-state index in [0.717, 1.165) is 21.9 Å². The molecule has 206 valence electrons. The Labute approximate surface area is 239 Å². The first-order valence-corrected chi connectivity index (χ1v) is 13.5. The Kier molecular flexibility index (Phi) is 7.81. The van der Waals surface area contributed by atoms with Crippen LogP contribution in [-0.2, 0) is 16.1 Å². The number of fused-ring (bicyclic) bond motifs is 2. The molecule has 0 radical (unpaired) electrons. The molecule has 1 unspecified atom stereocenters. The summed E-state index contributed by atoms with van der Waals surface area (Å²) in [7, 11) is 1.67. The number of hydrogen-bond acceptors (Lipinski definition) is 5. The first kappa shape index (κ1) is 27.6. The predicted octanol–water partition coefficient (Wildman–Crippen LogP) is 4.31. The van der Waals surface area contributed by atoms with Crippen LogP contribution >= 0.6 is 0 Å². The monoisotopic (exact) mass is 545 g/mol. The Hall–Kier alpha value is -5.00. The first-order valence-electron chi connectivity index (χ1n) is 13.5. The second-order valence-electron chi connectivity index (χ2n) is 10.2. The van der Waals surface area contributed by atoms with Crippen LogP contribution in [-0.4, -0.2) is 43.4 Å². The molecule has 41 heavy (non-hydrogen) atoms. The topological polar surface area (TPSA) is 106 Å². The smallest absolute Gasteiger partial charge is 0.258 e. The van der Waals surface area contributed by atoms with Crippen molar-refractivity contribution in [2.45, 2.75) is 32.5 Å². The maximum atomic E-state index is 14.3. The highest BCUT2D eigenvalue weighted by molar-refractivity contribution is 6.13. The van der Waals surface area contributed by atoms with Gasteiger partial charge in [-0.15, -0.1) is 0 Å². The molecule has 2 N–H and O–H groups in total. The van der Waals surface area contributed by atoms with Gasteiger partial charge in [-0.2, -0.15) is 5.26 Å². The van der Waals surface area contributed by atoms with E-state index < -0.39 is 12.1 Å². The van der Waals surface area contributed by atoms with E-state index in [2.05, 4.69) is 22.8 Å². The Morgan fingerprint density at radius 1 is 0.976 bits per heavy atom. The summed E-state index contributed by atoms with van der Waals surface area (Å²) in [5.41, 5.74) is 3.98. The van der Waals surface area contributed by atoms with E-state index in [1.807, 2.05) is 61.5 Å². The second-order valence-corrected chi connectivity index (χ2v) is 10.2.